The minimum atomic E-state index is -0.590. The van der Waals surface area contributed by atoms with Crippen molar-refractivity contribution in [2.75, 3.05) is 36.4 Å². The number of piperazine rings is 1. The van der Waals surface area contributed by atoms with Gasteiger partial charge in [-0.05, 0) is 51.6 Å². The van der Waals surface area contributed by atoms with Gasteiger partial charge in [-0.15, -0.1) is 0 Å². The molecule has 0 saturated carbocycles. The fraction of sp³-hybridized carbons (Fsp3) is 0.391. The number of nitrogens with one attached hydrogen (secondary N) is 1. The predicted octanol–water partition coefficient (Wildman–Crippen LogP) is 2.23. The highest BCUT2D eigenvalue weighted by molar-refractivity contribution is 6.08. The molecule has 0 spiro atoms. The summed E-state index contributed by atoms with van der Waals surface area (Å²) in [7, 11) is 0. The molecular formula is C23H29N7O2. The van der Waals surface area contributed by atoms with E-state index in [2.05, 4.69) is 39.0 Å². The Morgan fingerprint density at radius 3 is 2.69 bits per heavy atom. The second-order valence-electron chi connectivity index (χ2n) is 8.31. The Morgan fingerprint density at radius 1 is 1.22 bits per heavy atom. The molecule has 1 atom stereocenters. The maximum Gasteiger partial charge on any atom is 0.276 e. The molecule has 0 bridgehead atoms. The highest BCUT2D eigenvalue weighted by atomic mass is 16.2. The highest BCUT2D eigenvalue weighted by Gasteiger charge is 2.24. The number of anilines is 2. The third-order valence-corrected chi connectivity index (χ3v) is 6.00. The lowest BCUT2D eigenvalue weighted by Crippen LogP contribution is -2.51. The van der Waals surface area contributed by atoms with Crippen molar-refractivity contribution in [2.45, 2.75) is 33.7 Å². The molecule has 9 nitrogen and oxygen atoms in total. The third kappa shape index (κ3) is 4.16. The number of aryl methyl sites for hydroxylation is 2. The second-order valence-corrected chi connectivity index (χ2v) is 8.31. The first-order chi connectivity index (χ1) is 15.3. The third-order valence-electron chi connectivity index (χ3n) is 6.00. The van der Waals surface area contributed by atoms with E-state index < -0.39 is 11.8 Å². The quantitative estimate of drug-likeness (QED) is 0.636. The Morgan fingerprint density at radius 2 is 2.00 bits per heavy atom. The summed E-state index contributed by atoms with van der Waals surface area (Å²) in [5.74, 6) is -1.00. The molecule has 4 rings (SSSR count). The fourth-order valence-corrected chi connectivity index (χ4v) is 4.32. The standard InChI is InChI=1S/C23H29N7O2/c1-5-28-8-9-29(15(3)13-28)17-6-7-19(18(10-17)22(24)31)26-23(32)20-11-21-16(4)25-14(2)12-30(21)27-20/h6-7,10-12,15H,5,8-9,13H2,1-4H3,(H2,24,31)(H,26,32)/t15-/m0/s1. The normalized spacial score (nSPS) is 17.0. The van der Waals surface area contributed by atoms with Crippen molar-refractivity contribution in [2.24, 2.45) is 5.73 Å². The van der Waals surface area contributed by atoms with E-state index in [0.29, 0.717) is 11.7 Å². The van der Waals surface area contributed by atoms with Gasteiger partial charge in [0, 0.05) is 31.4 Å². The van der Waals surface area contributed by atoms with Gasteiger partial charge in [0.25, 0.3) is 11.8 Å². The summed E-state index contributed by atoms with van der Waals surface area (Å²) in [4.78, 5) is 34.2. The number of carbonyl (C=O) groups is 2. The monoisotopic (exact) mass is 435 g/mol. The molecular weight excluding hydrogens is 406 g/mol. The predicted molar refractivity (Wildman–Crippen MR) is 124 cm³/mol. The molecule has 1 saturated heterocycles. The summed E-state index contributed by atoms with van der Waals surface area (Å²) in [5.41, 5.74) is 9.82. The van der Waals surface area contributed by atoms with Crippen LogP contribution in [0.1, 0.15) is 46.1 Å². The maximum atomic E-state index is 12.9. The smallest absolute Gasteiger partial charge is 0.276 e. The molecule has 1 aromatic carbocycles. The van der Waals surface area contributed by atoms with Crippen LogP contribution in [-0.2, 0) is 0 Å². The van der Waals surface area contributed by atoms with E-state index in [1.54, 1.807) is 28.9 Å². The SMILES string of the molecule is CCN1CCN(c2ccc(NC(=O)c3cc4c(C)nc(C)cn4n3)c(C(N)=O)c2)[C@@H](C)C1. The van der Waals surface area contributed by atoms with Crippen molar-refractivity contribution >= 4 is 28.7 Å². The van der Waals surface area contributed by atoms with Crippen LogP contribution < -0.4 is 16.0 Å². The molecule has 1 aliphatic heterocycles. The molecule has 0 aliphatic carbocycles. The van der Waals surface area contributed by atoms with E-state index in [9.17, 15) is 9.59 Å². The Labute approximate surface area is 187 Å². The van der Waals surface area contributed by atoms with Crippen molar-refractivity contribution in [3.8, 4) is 0 Å². The molecule has 0 radical (unpaired) electrons. The highest BCUT2D eigenvalue weighted by Crippen LogP contribution is 2.27. The first kappa shape index (κ1) is 21.8. The molecule has 3 heterocycles. The van der Waals surface area contributed by atoms with Crippen molar-refractivity contribution in [1.82, 2.24) is 19.5 Å². The number of hydrogen-bond acceptors (Lipinski definition) is 6. The van der Waals surface area contributed by atoms with Gasteiger partial charge < -0.3 is 16.0 Å². The van der Waals surface area contributed by atoms with Gasteiger partial charge in [0.05, 0.1) is 34.4 Å². The zero-order valence-electron chi connectivity index (χ0n) is 18.9. The number of nitrogens with two attached hydrogens (primary N) is 1. The summed E-state index contributed by atoms with van der Waals surface area (Å²) < 4.78 is 1.64. The summed E-state index contributed by atoms with van der Waals surface area (Å²) in [6.07, 6.45) is 1.77. The summed E-state index contributed by atoms with van der Waals surface area (Å²) >= 11 is 0. The van der Waals surface area contributed by atoms with Gasteiger partial charge in [0.1, 0.15) is 0 Å². The molecule has 9 heteroatoms. The van der Waals surface area contributed by atoms with Crippen LogP contribution in [-0.4, -0.2) is 63.5 Å². The minimum Gasteiger partial charge on any atom is -0.366 e. The van der Waals surface area contributed by atoms with E-state index in [-0.39, 0.29) is 11.3 Å². The molecule has 0 unspecified atom stereocenters. The number of likely N-dealkylation sites (N-methyl/N-ethyl adjacent to an activating group) is 1. The molecule has 2 aromatic heterocycles. The van der Waals surface area contributed by atoms with Crippen molar-refractivity contribution < 1.29 is 9.59 Å². The Balaban J connectivity index is 1.59. The van der Waals surface area contributed by atoms with E-state index >= 15 is 0 Å². The lowest BCUT2D eigenvalue weighted by molar-refractivity contribution is 0.100. The van der Waals surface area contributed by atoms with Gasteiger partial charge in [-0.3, -0.25) is 19.5 Å². The second kappa shape index (κ2) is 8.58. The van der Waals surface area contributed by atoms with Gasteiger partial charge in [-0.1, -0.05) is 6.92 Å². The lowest BCUT2D eigenvalue weighted by atomic mass is 10.1. The topological polar surface area (TPSA) is 109 Å². The van der Waals surface area contributed by atoms with Crippen LogP contribution in [0.5, 0.6) is 0 Å². The Kier molecular flexibility index (Phi) is 5.84. The van der Waals surface area contributed by atoms with Crippen LogP contribution in [0.3, 0.4) is 0 Å². The molecule has 1 fully saturated rings. The molecule has 2 amide bonds. The largest absolute Gasteiger partial charge is 0.366 e. The van der Waals surface area contributed by atoms with Gasteiger partial charge in [0.2, 0.25) is 0 Å². The van der Waals surface area contributed by atoms with Gasteiger partial charge >= 0.3 is 0 Å². The number of fused-ring (bicyclic) bond motifs is 1. The van der Waals surface area contributed by atoms with Crippen LogP contribution in [0.15, 0.2) is 30.5 Å². The number of hydrogen-bond donors (Lipinski definition) is 2. The van der Waals surface area contributed by atoms with Crippen molar-refractivity contribution in [3.63, 3.8) is 0 Å². The lowest BCUT2D eigenvalue weighted by Gasteiger charge is -2.41. The number of primary amides is 1. The number of nitrogens with zero attached hydrogens (tertiary/aromatic N) is 5. The Hall–Kier alpha value is -3.46. The summed E-state index contributed by atoms with van der Waals surface area (Å²) in [6.45, 7) is 11.9. The van der Waals surface area contributed by atoms with Crippen LogP contribution >= 0.6 is 0 Å². The number of aromatic nitrogens is 3. The zero-order valence-corrected chi connectivity index (χ0v) is 18.9. The van der Waals surface area contributed by atoms with Crippen LogP contribution in [0, 0.1) is 13.8 Å². The van der Waals surface area contributed by atoms with Gasteiger partial charge in [-0.2, -0.15) is 5.10 Å². The molecule has 168 valence electrons. The van der Waals surface area contributed by atoms with Crippen molar-refractivity contribution in [3.05, 3.63) is 53.1 Å². The minimum absolute atomic E-state index is 0.240. The maximum absolute atomic E-state index is 12.9. The first-order valence-corrected chi connectivity index (χ1v) is 10.8. The molecule has 32 heavy (non-hydrogen) atoms. The number of amides is 2. The van der Waals surface area contributed by atoms with Crippen LogP contribution in [0.2, 0.25) is 0 Å². The molecule has 3 aromatic rings. The van der Waals surface area contributed by atoms with E-state index in [1.165, 1.54) is 0 Å². The number of carbonyl (C=O) groups excluding carboxylic acids is 2. The number of rotatable bonds is 5. The van der Waals surface area contributed by atoms with Gasteiger partial charge in [0.15, 0.2) is 5.69 Å². The van der Waals surface area contributed by atoms with E-state index in [1.807, 2.05) is 19.9 Å². The van der Waals surface area contributed by atoms with Crippen LogP contribution in [0.25, 0.3) is 5.52 Å². The Bertz CT molecular complexity index is 1190. The first-order valence-electron chi connectivity index (χ1n) is 10.8. The molecule has 1 aliphatic rings. The summed E-state index contributed by atoms with van der Waals surface area (Å²) in [6, 6.07) is 7.41. The average Bonchev–Trinajstić information content (AvgIpc) is 3.18. The summed E-state index contributed by atoms with van der Waals surface area (Å²) in [5, 5.41) is 7.15. The zero-order chi connectivity index (χ0) is 23.0. The average molecular weight is 436 g/mol. The number of benzene rings is 1. The fourth-order valence-electron chi connectivity index (χ4n) is 4.32. The van der Waals surface area contributed by atoms with Crippen molar-refractivity contribution in [1.29, 1.82) is 0 Å². The van der Waals surface area contributed by atoms with E-state index in [0.717, 1.165) is 48.8 Å². The van der Waals surface area contributed by atoms with E-state index in [4.69, 9.17) is 5.73 Å². The van der Waals surface area contributed by atoms with Gasteiger partial charge in [-0.25, -0.2) is 4.52 Å². The molecule has 3 N–H and O–H groups in total. The van der Waals surface area contributed by atoms with Crippen LogP contribution in [0.4, 0.5) is 11.4 Å².